The Morgan fingerprint density at radius 2 is 2.00 bits per heavy atom. The highest BCUT2D eigenvalue weighted by molar-refractivity contribution is 9.10. The van der Waals surface area contributed by atoms with Crippen LogP contribution in [-0.2, 0) is 6.54 Å². The number of hydrogen-bond acceptors (Lipinski definition) is 5. The van der Waals surface area contributed by atoms with Crippen molar-refractivity contribution >= 4 is 32.8 Å². The highest BCUT2D eigenvalue weighted by Gasteiger charge is 2.05. The number of anilines is 1. The number of nitrogens with one attached hydrogen (secondary N) is 1. The average molecular weight is 330 g/mol. The zero-order chi connectivity index (χ0) is 13.9. The molecule has 6 heteroatoms. The topological polar surface area (TPSA) is 63.6 Å². The fourth-order valence-electron chi connectivity index (χ4n) is 1.83. The molecule has 3 heterocycles. The van der Waals surface area contributed by atoms with Crippen LogP contribution in [0.5, 0.6) is 0 Å². The van der Waals surface area contributed by atoms with Crippen molar-refractivity contribution in [2.75, 3.05) is 5.32 Å². The summed E-state index contributed by atoms with van der Waals surface area (Å²) in [5.41, 5.74) is 3.67. The molecular formula is C14H12BrN5. The Morgan fingerprint density at radius 3 is 2.80 bits per heavy atom. The van der Waals surface area contributed by atoms with Gasteiger partial charge >= 0.3 is 0 Å². The van der Waals surface area contributed by atoms with Crippen LogP contribution in [0.1, 0.15) is 11.3 Å². The normalized spacial score (nSPS) is 10.7. The average Bonchev–Trinajstić information content (AvgIpc) is 2.47. The van der Waals surface area contributed by atoms with Gasteiger partial charge in [-0.1, -0.05) is 6.07 Å². The monoisotopic (exact) mass is 329 g/mol. The molecule has 0 saturated carbocycles. The lowest BCUT2D eigenvalue weighted by atomic mass is 10.2. The molecule has 0 spiro atoms. The predicted molar refractivity (Wildman–Crippen MR) is 81.3 cm³/mol. The number of aryl methyl sites for hydroxylation is 1. The second kappa shape index (κ2) is 5.50. The minimum atomic E-state index is 0.646. The molecule has 100 valence electrons. The van der Waals surface area contributed by atoms with E-state index in [4.69, 9.17) is 0 Å². The molecular weight excluding hydrogens is 318 g/mol. The number of halogens is 1. The van der Waals surface area contributed by atoms with Crippen molar-refractivity contribution in [3.8, 4) is 0 Å². The number of hydrogen-bond donors (Lipinski definition) is 1. The molecule has 0 aliphatic heterocycles. The van der Waals surface area contributed by atoms with E-state index in [1.807, 2.05) is 37.4 Å². The van der Waals surface area contributed by atoms with Crippen molar-refractivity contribution in [2.24, 2.45) is 0 Å². The number of rotatable bonds is 3. The molecule has 0 amide bonds. The number of aromatic nitrogens is 4. The first-order valence-corrected chi connectivity index (χ1v) is 6.94. The lowest BCUT2D eigenvalue weighted by Crippen LogP contribution is -2.04. The summed E-state index contributed by atoms with van der Waals surface area (Å²) in [4.78, 5) is 17.1. The SMILES string of the molecule is Cc1ccc(CNc2ncnc3ccc(Br)nc23)cn1. The van der Waals surface area contributed by atoms with Crippen LogP contribution in [0.3, 0.4) is 0 Å². The van der Waals surface area contributed by atoms with Gasteiger partial charge in [0.2, 0.25) is 0 Å². The molecule has 0 fully saturated rings. The van der Waals surface area contributed by atoms with Crippen LogP contribution in [0.25, 0.3) is 11.0 Å². The van der Waals surface area contributed by atoms with Crippen molar-refractivity contribution < 1.29 is 0 Å². The summed E-state index contributed by atoms with van der Waals surface area (Å²) in [5, 5.41) is 3.28. The highest BCUT2D eigenvalue weighted by Crippen LogP contribution is 2.19. The Bertz CT molecular complexity index is 742. The largest absolute Gasteiger partial charge is 0.364 e. The summed E-state index contributed by atoms with van der Waals surface area (Å²) in [6.07, 6.45) is 3.39. The number of nitrogens with zero attached hydrogens (tertiary/aromatic N) is 4. The van der Waals surface area contributed by atoms with E-state index in [2.05, 4.69) is 41.2 Å². The molecule has 3 rings (SSSR count). The summed E-state index contributed by atoms with van der Waals surface area (Å²) in [6, 6.07) is 7.81. The molecule has 0 bridgehead atoms. The maximum atomic E-state index is 4.42. The molecule has 3 aromatic rings. The van der Waals surface area contributed by atoms with Crippen LogP contribution >= 0.6 is 15.9 Å². The van der Waals surface area contributed by atoms with Crippen LogP contribution in [0.2, 0.25) is 0 Å². The van der Waals surface area contributed by atoms with E-state index in [0.717, 1.165) is 32.7 Å². The first-order valence-electron chi connectivity index (χ1n) is 6.15. The summed E-state index contributed by atoms with van der Waals surface area (Å²) >= 11 is 3.37. The summed E-state index contributed by atoms with van der Waals surface area (Å²) in [7, 11) is 0. The summed E-state index contributed by atoms with van der Waals surface area (Å²) in [5.74, 6) is 0.719. The van der Waals surface area contributed by atoms with E-state index < -0.39 is 0 Å². The Labute approximate surface area is 124 Å². The van der Waals surface area contributed by atoms with Gasteiger partial charge in [0.15, 0.2) is 5.82 Å². The smallest absolute Gasteiger partial charge is 0.156 e. The molecule has 0 aliphatic rings. The Balaban J connectivity index is 1.87. The lowest BCUT2D eigenvalue weighted by molar-refractivity contribution is 1.06. The first kappa shape index (κ1) is 12.9. The van der Waals surface area contributed by atoms with E-state index in [9.17, 15) is 0 Å². The molecule has 0 unspecified atom stereocenters. The van der Waals surface area contributed by atoms with Gasteiger partial charge in [0, 0.05) is 18.4 Å². The Hall–Kier alpha value is -2.08. The van der Waals surface area contributed by atoms with Crippen LogP contribution in [0.4, 0.5) is 5.82 Å². The van der Waals surface area contributed by atoms with Crippen molar-refractivity contribution in [1.82, 2.24) is 19.9 Å². The maximum absolute atomic E-state index is 4.42. The van der Waals surface area contributed by atoms with Crippen LogP contribution < -0.4 is 5.32 Å². The van der Waals surface area contributed by atoms with E-state index in [0.29, 0.717) is 6.54 Å². The van der Waals surface area contributed by atoms with E-state index in [1.165, 1.54) is 6.33 Å². The first-order chi connectivity index (χ1) is 9.72. The van der Waals surface area contributed by atoms with Gasteiger partial charge in [0.05, 0.1) is 5.52 Å². The molecule has 3 aromatic heterocycles. The highest BCUT2D eigenvalue weighted by atomic mass is 79.9. The van der Waals surface area contributed by atoms with Gasteiger partial charge in [-0.15, -0.1) is 0 Å². The molecule has 0 atom stereocenters. The van der Waals surface area contributed by atoms with Crippen LogP contribution in [-0.4, -0.2) is 19.9 Å². The van der Waals surface area contributed by atoms with E-state index in [1.54, 1.807) is 0 Å². The van der Waals surface area contributed by atoms with Crippen molar-refractivity contribution in [3.05, 3.63) is 52.7 Å². The second-order valence-corrected chi connectivity index (χ2v) is 5.20. The predicted octanol–water partition coefficient (Wildman–Crippen LogP) is 3.10. The van der Waals surface area contributed by atoms with Gasteiger partial charge < -0.3 is 5.32 Å². The molecule has 0 saturated heterocycles. The summed E-state index contributed by atoms with van der Waals surface area (Å²) < 4.78 is 0.764. The minimum absolute atomic E-state index is 0.646. The molecule has 0 radical (unpaired) electrons. The zero-order valence-electron chi connectivity index (χ0n) is 10.8. The Morgan fingerprint density at radius 1 is 1.10 bits per heavy atom. The fourth-order valence-corrected chi connectivity index (χ4v) is 2.14. The van der Waals surface area contributed by atoms with Crippen LogP contribution in [0, 0.1) is 6.92 Å². The molecule has 0 aliphatic carbocycles. The Kier molecular flexibility index (Phi) is 3.56. The van der Waals surface area contributed by atoms with Gasteiger partial charge in [-0.25, -0.2) is 15.0 Å². The molecule has 0 aromatic carbocycles. The van der Waals surface area contributed by atoms with Gasteiger partial charge in [-0.05, 0) is 46.6 Å². The second-order valence-electron chi connectivity index (χ2n) is 4.39. The fraction of sp³-hybridized carbons (Fsp3) is 0.143. The molecule has 1 N–H and O–H groups in total. The molecule has 5 nitrogen and oxygen atoms in total. The zero-order valence-corrected chi connectivity index (χ0v) is 12.4. The van der Waals surface area contributed by atoms with Crippen LogP contribution in [0.15, 0.2) is 41.4 Å². The lowest BCUT2D eigenvalue weighted by Gasteiger charge is -2.07. The van der Waals surface area contributed by atoms with Gasteiger partial charge in [0.1, 0.15) is 16.4 Å². The third kappa shape index (κ3) is 2.75. The van der Waals surface area contributed by atoms with Gasteiger partial charge in [0.25, 0.3) is 0 Å². The third-order valence-electron chi connectivity index (χ3n) is 2.88. The maximum Gasteiger partial charge on any atom is 0.156 e. The van der Waals surface area contributed by atoms with Gasteiger partial charge in [-0.3, -0.25) is 4.98 Å². The van der Waals surface area contributed by atoms with E-state index in [-0.39, 0.29) is 0 Å². The minimum Gasteiger partial charge on any atom is -0.364 e. The standard InChI is InChI=1S/C14H12BrN5/c1-9-2-3-10(6-16-9)7-17-14-13-11(18-8-19-14)4-5-12(15)20-13/h2-6,8H,7H2,1H3,(H,17,18,19). The van der Waals surface area contributed by atoms with Crippen molar-refractivity contribution in [2.45, 2.75) is 13.5 Å². The van der Waals surface area contributed by atoms with Crippen molar-refractivity contribution in [1.29, 1.82) is 0 Å². The number of pyridine rings is 2. The van der Waals surface area contributed by atoms with Crippen molar-refractivity contribution in [3.63, 3.8) is 0 Å². The third-order valence-corrected chi connectivity index (χ3v) is 3.32. The number of fused-ring (bicyclic) bond motifs is 1. The quantitative estimate of drug-likeness (QED) is 0.748. The molecule has 20 heavy (non-hydrogen) atoms. The van der Waals surface area contributed by atoms with Gasteiger partial charge in [-0.2, -0.15) is 0 Å². The van der Waals surface area contributed by atoms with E-state index >= 15 is 0 Å². The summed E-state index contributed by atoms with van der Waals surface area (Å²) in [6.45, 7) is 2.62.